The van der Waals surface area contributed by atoms with E-state index in [1.807, 2.05) is 18.2 Å². The van der Waals surface area contributed by atoms with E-state index in [0.29, 0.717) is 12.1 Å². The minimum absolute atomic E-state index is 0.0911. The van der Waals surface area contributed by atoms with Gasteiger partial charge in [0.2, 0.25) is 5.91 Å². The van der Waals surface area contributed by atoms with Crippen molar-refractivity contribution in [3.63, 3.8) is 0 Å². The number of amides is 1. The molecule has 0 bridgehead atoms. The Balaban J connectivity index is 1.60. The number of carboxylic acid groups (broad SMARTS) is 1. The molecule has 0 saturated heterocycles. The highest BCUT2D eigenvalue weighted by atomic mass is 16.4. The van der Waals surface area contributed by atoms with Crippen molar-refractivity contribution in [3.8, 4) is 11.1 Å². The zero-order valence-electron chi connectivity index (χ0n) is 15.1. The fourth-order valence-electron chi connectivity index (χ4n) is 2.94. The van der Waals surface area contributed by atoms with Gasteiger partial charge in [0.25, 0.3) is 0 Å². The highest BCUT2D eigenvalue weighted by molar-refractivity contribution is 6.00. The number of aromatic carboxylic acids is 1. The first-order chi connectivity index (χ1) is 13.0. The average Bonchev–Trinajstić information content (AvgIpc) is 2.67. The normalized spacial score (nSPS) is 10.4. The maximum atomic E-state index is 12.2. The maximum Gasteiger partial charge on any atom is 0.337 e. The first kappa shape index (κ1) is 18.4. The molecule has 0 aliphatic rings. The number of carboxylic acids is 1. The lowest BCUT2D eigenvalue weighted by Crippen LogP contribution is -2.15. The molecular formula is C23H21NO3. The summed E-state index contributed by atoms with van der Waals surface area (Å²) in [5.74, 6) is -1.26. The van der Waals surface area contributed by atoms with Gasteiger partial charge in [0.05, 0.1) is 11.3 Å². The summed E-state index contributed by atoms with van der Waals surface area (Å²) in [6, 6.07) is 22.9. The maximum absolute atomic E-state index is 12.2. The number of nitrogens with one attached hydrogen (secondary N) is 1. The van der Waals surface area contributed by atoms with Crippen molar-refractivity contribution in [2.24, 2.45) is 0 Å². The molecule has 2 N–H and O–H groups in total. The lowest BCUT2D eigenvalue weighted by Gasteiger charge is -2.09. The molecule has 3 aromatic rings. The van der Waals surface area contributed by atoms with Crippen molar-refractivity contribution in [1.29, 1.82) is 0 Å². The molecule has 0 aromatic heterocycles. The van der Waals surface area contributed by atoms with Crippen LogP contribution in [0.4, 0.5) is 5.69 Å². The Labute approximate surface area is 158 Å². The number of rotatable bonds is 6. The Morgan fingerprint density at radius 3 is 2.33 bits per heavy atom. The van der Waals surface area contributed by atoms with Gasteiger partial charge < -0.3 is 10.4 Å². The van der Waals surface area contributed by atoms with Crippen molar-refractivity contribution in [2.45, 2.75) is 19.8 Å². The molecule has 0 aliphatic heterocycles. The summed E-state index contributed by atoms with van der Waals surface area (Å²) in [5.41, 5.74) is 5.01. The van der Waals surface area contributed by atoms with E-state index >= 15 is 0 Å². The Hall–Kier alpha value is -3.40. The molecule has 136 valence electrons. The Morgan fingerprint density at radius 2 is 1.63 bits per heavy atom. The zero-order chi connectivity index (χ0) is 19.2. The van der Waals surface area contributed by atoms with E-state index in [-0.39, 0.29) is 17.9 Å². The first-order valence-corrected chi connectivity index (χ1v) is 8.81. The average molecular weight is 359 g/mol. The molecule has 1 amide bonds. The summed E-state index contributed by atoms with van der Waals surface area (Å²) in [7, 11) is 0. The largest absolute Gasteiger partial charge is 0.478 e. The number of para-hydroxylation sites is 1. The molecule has 4 nitrogen and oxygen atoms in total. The van der Waals surface area contributed by atoms with E-state index in [2.05, 4.69) is 42.6 Å². The number of hydrogen-bond acceptors (Lipinski definition) is 2. The SMILES string of the molecule is Cc1cccc(-c2ccc(CCC(=O)Nc3ccccc3C(=O)O)cc2)c1. The molecule has 0 heterocycles. The topological polar surface area (TPSA) is 66.4 Å². The lowest BCUT2D eigenvalue weighted by atomic mass is 10.0. The third-order valence-electron chi connectivity index (χ3n) is 4.38. The van der Waals surface area contributed by atoms with Gasteiger partial charge in [-0.05, 0) is 42.2 Å². The molecule has 0 radical (unpaired) electrons. The molecule has 4 heteroatoms. The summed E-state index contributed by atoms with van der Waals surface area (Å²) in [4.78, 5) is 23.4. The van der Waals surface area contributed by atoms with Crippen LogP contribution in [0.2, 0.25) is 0 Å². The van der Waals surface area contributed by atoms with Crippen molar-refractivity contribution in [3.05, 3.63) is 89.5 Å². The van der Waals surface area contributed by atoms with Crippen LogP contribution < -0.4 is 5.32 Å². The number of carbonyl (C=O) groups excluding carboxylic acids is 1. The summed E-state index contributed by atoms with van der Waals surface area (Å²) in [6.07, 6.45) is 0.882. The van der Waals surface area contributed by atoms with E-state index < -0.39 is 5.97 Å². The number of hydrogen-bond donors (Lipinski definition) is 2. The second-order valence-electron chi connectivity index (χ2n) is 6.47. The molecule has 0 saturated carbocycles. The van der Waals surface area contributed by atoms with Crippen molar-refractivity contribution >= 4 is 17.6 Å². The molecule has 27 heavy (non-hydrogen) atoms. The van der Waals surface area contributed by atoms with Gasteiger partial charge in [-0.15, -0.1) is 0 Å². The molecule has 0 fully saturated rings. The summed E-state index contributed by atoms with van der Waals surface area (Å²) < 4.78 is 0. The quantitative estimate of drug-likeness (QED) is 0.656. The van der Waals surface area contributed by atoms with Crippen LogP contribution in [0.25, 0.3) is 11.1 Å². The van der Waals surface area contributed by atoms with Gasteiger partial charge in [-0.3, -0.25) is 4.79 Å². The van der Waals surface area contributed by atoms with Gasteiger partial charge in [-0.25, -0.2) is 4.79 Å². The molecular weight excluding hydrogens is 338 g/mol. The Morgan fingerprint density at radius 1 is 0.889 bits per heavy atom. The predicted octanol–water partition coefficient (Wildman–Crippen LogP) is 4.93. The molecule has 3 rings (SSSR count). The third kappa shape index (κ3) is 4.82. The molecule has 0 unspecified atom stereocenters. The predicted molar refractivity (Wildman–Crippen MR) is 107 cm³/mol. The van der Waals surface area contributed by atoms with Crippen LogP contribution in [-0.4, -0.2) is 17.0 Å². The van der Waals surface area contributed by atoms with E-state index in [1.165, 1.54) is 17.2 Å². The van der Waals surface area contributed by atoms with Crippen LogP contribution in [0.1, 0.15) is 27.9 Å². The summed E-state index contributed by atoms with van der Waals surface area (Å²) >= 11 is 0. The van der Waals surface area contributed by atoms with E-state index in [0.717, 1.165) is 11.1 Å². The fourth-order valence-corrected chi connectivity index (χ4v) is 2.94. The highest BCUT2D eigenvalue weighted by Gasteiger charge is 2.11. The molecule has 0 aliphatic carbocycles. The van der Waals surface area contributed by atoms with Crippen LogP contribution in [0.5, 0.6) is 0 Å². The minimum atomic E-state index is -1.06. The Kier molecular flexibility index (Phi) is 5.67. The van der Waals surface area contributed by atoms with Crippen LogP contribution in [0, 0.1) is 6.92 Å². The first-order valence-electron chi connectivity index (χ1n) is 8.81. The number of aryl methyl sites for hydroxylation is 2. The second-order valence-corrected chi connectivity index (χ2v) is 6.47. The van der Waals surface area contributed by atoms with Crippen LogP contribution in [-0.2, 0) is 11.2 Å². The number of anilines is 1. The smallest absolute Gasteiger partial charge is 0.337 e. The van der Waals surface area contributed by atoms with E-state index in [4.69, 9.17) is 0 Å². The zero-order valence-corrected chi connectivity index (χ0v) is 15.1. The highest BCUT2D eigenvalue weighted by Crippen LogP contribution is 2.21. The minimum Gasteiger partial charge on any atom is -0.478 e. The monoisotopic (exact) mass is 359 g/mol. The third-order valence-corrected chi connectivity index (χ3v) is 4.38. The standard InChI is InChI=1S/C23H21NO3/c1-16-5-4-6-19(15-16)18-12-9-17(10-13-18)11-14-22(25)24-21-8-3-2-7-20(21)23(26)27/h2-10,12-13,15H,11,14H2,1H3,(H,24,25)(H,26,27). The Bertz CT molecular complexity index is 961. The summed E-state index contributed by atoms with van der Waals surface area (Å²) in [6.45, 7) is 2.07. The van der Waals surface area contributed by atoms with Crippen molar-refractivity contribution in [2.75, 3.05) is 5.32 Å². The van der Waals surface area contributed by atoms with Crippen molar-refractivity contribution in [1.82, 2.24) is 0 Å². The van der Waals surface area contributed by atoms with Gasteiger partial charge in [0.1, 0.15) is 0 Å². The summed E-state index contributed by atoms with van der Waals surface area (Å²) in [5, 5.41) is 11.9. The number of benzene rings is 3. The molecule has 3 aromatic carbocycles. The number of carbonyl (C=O) groups is 2. The van der Waals surface area contributed by atoms with Crippen molar-refractivity contribution < 1.29 is 14.7 Å². The molecule has 0 spiro atoms. The second kappa shape index (κ2) is 8.32. The van der Waals surface area contributed by atoms with Gasteiger partial charge >= 0.3 is 5.97 Å². The molecule has 0 atom stereocenters. The van der Waals surface area contributed by atoms with Gasteiger partial charge in [0.15, 0.2) is 0 Å². The van der Waals surface area contributed by atoms with E-state index in [9.17, 15) is 14.7 Å². The van der Waals surface area contributed by atoms with Gasteiger partial charge in [-0.2, -0.15) is 0 Å². The van der Waals surface area contributed by atoms with Gasteiger partial charge in [0, 0.05) is 6.42 Å². The van der Waals surface area contributed by atoms with Crippen LogP contribution >= 0.6 is 0 Å². The van der Waals surface area contributed by atoms with E-state index in [1.54, 1.807) is 18.2 Å². The van der Waals surface area contributed by atoms with Gasteiger partial charge in [-0.1, -0.05) is 66.2 Å². The van der Waals surface area contributed by atoms with Crippen LogP contribution in [0.15, 0.2) is 72.8 Å². The fraction of sp³-hybridized carbons (Fsp3) is 0.130. The van der Waals surface area contributed by atoms with Crippen LogP contribution in [0.3, 0.4) is 0 Å². The lowest BCUT2D eigenvalue weighted by molar-refractivity contribution is -0.116.